The molecule has 0 saturated carbocycles. The number of hydrogen-bond donors (Lipinski definition) is 1. The van der Waals surface area contributed by atoms with Crippen LogP contribution < -0.4 is 9.89 Å². The van der Waals surface area contributed by atoms with E-state index in [1.54, 1.807) is 6.08 Å². The molecule has 2 aliphatic rings. The van der Waals surface area contributed by atoms with Crippen LogP contribution in [0.3, 0.4) is 0 Å². The van der Waals surface area contributed by atoms with Crippen LogP contribution in [0.1, 0.15) is 32.3 Å². The minimum atomic E-state index is -0.682. The summed E-state index contributed by atoms with van der Waals surface area (Å²) in [5.41, 5.74) is 3.90. The molecule has 0 unspecified atom stereocenters. The van der Waals surface area contributed by atoms with Crippen molar-refractivity contribution < 1.29 is 9.79 Å². The monoisotopic (exact) mass is 308 g/mol. The molecular formula is C19H22N3O+. The predicted octanol–water partition coefficient (Wildman–Crippen LogP) is 1.32. The number of fused-ring (bicyclic) bond motifs is 1. The first-order chi connectivity index (χ1) is 11.0. The summed E-state index contributed by atoms with van der Waals surface area (Å²) < 4.78 is 0. The SMILES string of the molecule is CN1/C(=C/C(=O)[C@@H](C#N)C2=[NH+]CCC2)C(C)(C)c2ccccc21. The molecule has 0 saturated heterocycles. The summed E-state index contributed by atoms with van der Waals surface area (Å²) in [5.74, 6) is -0.808. The maximum absolute atomic E-state index is 12.7. The lowest BCUT2D eigenvalue weighted by Crippen LogP contribution is -2.71. The van der Waals surface area contributed by atoms with Gasteiger partial charge in [-0.25, -0.2) is 4.99 Å². The number of benzene rings is 1. The standard InChI is InChI=1S/C19H21N3O/c1-19(2)14-7-4-5-9-16(14)22(3)18(19)11-17(23)13(12-20)15-8-6-10-21-15/h4-5,7,9,11,13H,6,8,10H2,1-3H3/p+1/b18-11+/t13-/m0/s1. The Kier molecular flexibility index (Phi) is 3.81. The van der Waals surface area contributed by atoms with Gasteiger partial charge < -0.3 is 4.90 Å². The van der Waals surface area contributed by atoms with Crippen LogP contribution in [0.2, 0.25) is 0 Å². The van der Waals surface area contributed by atoms with Crippen LogP contribution in [0.15, 0.2) is 36.0 Å². The Morgan fingerprint density at radius 2 is 2.17 bits per heavy atom. The van der Waals surface area contributed by atoms with Crippen molar-refractivity contribution in [3.8, 4) is 6.07 Å². The minimum Gasteiger partial charge on any atom is -0.347 e. The second kappa shape index (κ2) is 5.66. The third-order valence-corrected chi connectivity index (χ3v) is 4.96. The third kappa shape index (κ3) is 2.46. The molecule has 0 radical (unpaired) electrons. The number of para-hydroxylation sites is 1. The molecule has 2 aliphatic heterocycles. The van der Waals surface area contributed by atoms with Gasteiger partial charge in [0.15, 0.2) is 17.4 Å². The zero-order chi connectivity index (χ0) is 16.6. The average molecular weight is 308 g/mol. The number of nitrogens with zero attached hydrogens (tertiary/aromatic N) is 2. The first-order valence-electron chi connectivity index (χ1n) is 8.05. The van der Waals surface area contributed by atoms with Crippen LogP contribution in [0.4, 0.5) is 5.69 Å². The van der Waals surface area contributed by atoms with E-state index >= 15 is 0 Å². The van der Waals surface area contributed by atoms with Crippen LogP contribution in [0.5, 0.6) is 0 Å². The average Bonchev–Trinajstić information content (AvgIpc) is 3.11. The van der Waals surface area contributed by atoms with E-state index < -0.39 is 5.92 Å². The van der Waals surface area contributed by atoms with Crippen LogP contribution >= 0.6 is 0 Å². The van der Waals surface area contributed by atoms with Crippen molar-refractivity contribution in [3.63, 3.8) is 0 Å². The number of nitriles is 1. The number of allylic oxidation sites excluding steroid dienone is 2. The van der Waals surface area contributed by atoms with Crippen molar-refractivity contribution in [1.82, 2.24) is 0 Å². The fourth-order valence-electron chi connectivity index (χ4n) is 3.65. The molecule has 0 amide bonds. The zero-order valence-corrected chi connectivity index (χ0v) is 13.9. The summed E-state index contributed by atoms with van der Waals surface area (Å²) in [7, 11) is 1.98. The second-order valence-electron chi connectivity index (χ2n) is 6.75. The molecule has 4 nitrogen and oxygen atoms in total. The van der Waals surface area contributed by atoms with Crippen molar-refractivity contribution in [3.05, 3.63) is 41.6 Å². The highest BCUT2D eigenvalue weighted by Crippen LogP contribution is 2.46. The van der Waals surface area contributed by atoms with Crippen molar-refractivity contribution in [1.29, 1.82) is 5.26 Å². The lowest BCUT2D eigenvalue weighted by molar-refractivity contribution is -0.448. The number of likely N-dealkylation sites (N-methyl/N-ethyl adjacent to an activating group) is 1. The third-order valence-electron chi connectivity index (χ3n) is 4.96. The number of hydrogen-bond acceptors (Lipinski definition) is 3. The number of carbonyl (C=O) groups excluding carboxylic acids is 1. The summed E-state index contributed by atoms with van der Waals surface area (Å²) in [6, 6.07) is 10.4. The Bertz CT molecular complexity index is 752. The van der Waals surface area contributed by atoms with E-state index in [9.17, 15) is 10.1 Å². The number of carbonyl (C=O) groups is 1. The topological polar surface area (TPSA) is 58.1 Å². The highest BCUT2D eigenvalue weighted by atomic mass is 16.1. The van der Waals surface area contributed by atoms with Gasteiger partial charge in [-0.1, -0.05) is 32.0 Å². The van der Waals surface area contributed by atoms with Gasteiger partial charge in [-0.15, -0.1) is 0 Å². The van der Waals surface area contributed by atoms with E-state index in [0.717, 1.165) is 36.5 Å². The van der Waals surface area contributed by atoms with Crippen LogP contribution in [-0.2, 0) is 10.2 Å². The summed E-state index contributed by atoms with van der Waals surface area (Å²) in [4.78, 5) is 18.0. The quantitative estimate of drug-likeness (QED) is 0.857. The lowest BCUT2D eigenvalue weighted by atomic mass is 9.82. The Morgan fingerprint density at radius 1 is 1.43 bits per heavy atom. The van der Waals surface area contributed by atoms with Gasteiger partial charge in [-0.3, -0.25) is 4.79 Å². The Hall–Kier alpha value is -2.41. The van der Waals surface area contributed by atoms with Crippen molar-refractivity contribution in [2.24, 2.45) is 5.92 Å². The van der Waals surface area contributed by atoms with Gasteiger partial charge in [0.05, 0.1) is 6.07 Å². The molecular weight excluding hydrogens is 286 g/mol. The molecule has 0 fully saturated rings. The summed E-state index contributed by atoms with van der Waals surface area (Å²) in [6.45, 7) is 5.10. The van der Waals surface area contributed by atoms with E-state index in [4.69, 9.17) is 0 Å². The van der Waals surface area contributed by atoms with Gasteiger partial charge in [0.1, 0.15) is 6.54 Å². The summed E-state index contributed by atoms with van der Waals surface area (Å²) in [5, 5.41) is 9.43. The number of ketones is 1. The van der Waals surface area contributed by atoms with E-state index in [1.165, 1.54) is 5.56 Å². The van der Waals surface area contributed by atoms with Crippen molar-refractivity contribution >= 4 is 17.2 Å². The molecule has 1 aromatic carbocycles. The van der Waals surface area contributed by atoms with Crippen LogP contribution in [0, 0.1) is 17.2 Å². The molecule has 23 heavy (non-hydrogen) atoms. The molecule has 1 N–H and O–H groups in total. The van der Waals surface area contributed by atoms with Gasteiger partial charge in [-0.05, 0) is 11.6 Å². The van der Waals surface area contributed by atoms with Crippen molar-refractivity contribution in [2.75, 3.05) is 18.5 Å². The maximum Gasteiger partial charge on any atom is 0.188 e. The first-order valence-corrected chi connectivity index (χ1v) is 8.05. The minimum absolute atomic E-state index is 0.125. The molecule has 0 aromatic heterocycles. The largest absolute Gasteiger partial charge is 0.347 e. The fourth-order valence-corrected chi connectivity index (χ4v) is 3.65. The highest BCUT2D eigenvalue weighted by Gasteiger charge is 2.40. The first kappa shape index (κ1) is 15.5. The van der Waals surface area contributed by atoms with Gasteiger partial charge in [0, 0.05) is 42.8 Å². The summed E-state index contributed by atoms with van der Waals surface area (Å²) >= 11 is 0. The normalized spacial score (nSPS) is 21.7. The van der Waals surface area contributed by atoms with Crippen LogP contribution in [-0.4, -0.2) is 25.1 Å². The molecule has 3 rings (SSSR count). The molecule has 1 aromatic rings. The lowest BCUT2D eigenvalue weighted by Gasteiger charge is -2.24. The van der Waals surface area contributed by atoms with Gasteiger partial charge in [0.2, 0.25) is 0 Å². The van der Waals surface area contributed by atoms with Crippen LogP contribution in [0.25, 0.3) is 0 Å². The molecule has 0 spiro atoms. The Morgan fingerprint density at radius 3 is 2.78 bits per heavy atom. The highest BCUT2D eigenvalue weighted by molar-refractivity contribution is 6.10. The fraction of sp³-hybridized carbons (Fsp3) is 0.421. The van der Waals surface area contributed by atoms with E-state index in [-0.39, 0.29) is 11.2 Å². The van der Waals surface area contributed by atoms with E-state index in [0.29, 0.717) is 0 Å². The molecule has 0 bridgehead atoms. The second-order valence-corrected chi connectivity index (χ2v) is 6.75. The zero-order valence-electron chi connectivity index (χ0n) is 13.9. The molecule has 1 atom stereocenters. The number of anilines is 1. The van der Waals surface area contributed by atoms with E-state index in [2.05, 4.69) is 41.9 Å². The van der Waals surface area contributed by atoms with Gasteiger partial charge in [-0.2, -0.15) is 5.26 Å². The number of nitrogens with one attached hydrogen (secondary N) is 1. The maximum atomic E-state index is 12.7. The summed E-state index contributed by atoms with van der Waals surface area (Å²) in [6.07, 6.45) is 3.47. The molecule has 0 aliphatic carbocycles. The van der Waals surface area contributed by atoms with E-state index in [1.807, 2.05) is 19.2 Å². The Labute approximate surface area is 137 Å². The molecule has 2 heterocycles. The molecule has 4 heteroatoms. The van der Waals surface area contributed by atoms with Gasteiger partial charge in [0.25, 0.3) is 0 Å². The smallest absolute Gasteiger partial charge is 0.188 e. The Balaban J connectivity index is 1.97. The molecule has 118 valence electrons. The van der Waals surface area contributed by atoms with Gasteiger partial charge >= 0.3 is 0 Å². The van der Waals surface area contributed by atoms with Crippen molar-refractivity contribution in [2.45, 2.75) is 32.1 Å². The predicted molar refractivity (Wildman–Crippen MR) is 90.1 cm³/mol. The number of rotatable bonds is 3.